The van der Waals surface area contributed by atoms with E-state index in [1.54, 1.807) is 13.3 Å². The first-order valence-electron chi connectivity index (χ1n) is 4.48. The van der Waals surface area contributed by atoms with Gasteiger partial charge >= 0.3 is 0 Å². The summed E-state index contributed by atoms with van der Waals surface area (Å²) in [5.41, 5.74) is 1.08. The number of ether oxygens (including phenoxy) is 1. The van der Waals surface area contributed by atoms with Crippen molar-refractivity contribution in [3.8, 4) is 0 Å². The average molecular weight is 188 g/mol. The molecule has 0 bridgehead atoms. The Hall–Kier alpha value is -1.61. The Labute approximate surface area is 83.3 Å². The zero-order chi connectivity index (χ0) is 9.80. The molecule has 3 nitrogen and oxygen atoms in total. The van der Waals surface area contributed by atoms with Crippen molar-refractivity contribution in [2.24, 2.45) is 4.99 Å². The van der Waals surface area contributed by atoms with Gasteiger partial charge in [-0.2, -0.15) is 0 Å². The van der Waals surface area contributed by atoms with Crippen molar-refractivity contribution in [3.63, 3.8) is 0 Å². The Morgan fingerprint density at radius 1 is 1.29 bits per heavy atom. The predicted molar refractivity (Wildman–Crippen MR) is 57.4 cm³/mol. The van der Waals surface area contributed by atoms with E-state index in [1.165, 1.54) is 0 Å². The first-order chi connectivity index (χ1) is 6.92. The van der Waals surface area contributed by atoms with Crippen LogP contribution in [-0.2, 0) is 4.74 Å². The molecule has 1 aliphatic rings. The van der Waals surface area contributed by atoms with E-state index in [9.17, 15) is 0 Å². The zero-order valence-corrected chi connectivity index (χ0v) is 8.00. The molecule has 0 radical (unpaired) electrons. The number of hydrogen-bond donors (Lipinski definition) is 0. The number of para-hydroxylation sites is 1. The number of nitrogens with zero attached hydrogens (tertiary/aromatic N) is 2. The van der Waals surface area contributed by atoms with Crippen molar-refractivity contribution in [1.82, 2.24) is 0 Å². The van der Waals surface area contributed by atoms with Crippen LogP contribution < -0.4 is 4.90 Å². The highest BCUT2D eigenvalue weighted by atomic mass is 16.5. The zero-order valence-electron chi connectivity index (χ0n) is 8.00. The summed E-state index contributed by atoms with van der Waals surface area (Å²) in [6.07, 6.45) is 5.34. The molecule has 0 saturated heterocycles. The smallest absolute Gasteiger partial charge is 0.231 e. The van der Waals surface area contributed by atoms with Crippen LogP contribution in [0.5, 0.6) is 0 Å². The molecule has 3 heteroatoms. The molecular formula is C11H12N2O. The van der Waals surface area contributed by atoms with Crippen molar-refractivity contribution in [2.75, 3.05) is 12.0 Å². The molecule has 0 spiro atoms. The number of rotatable bonds is 2. The first-order valence-corrected chi connectivity index (χ1v) is 4.48. The van der Waals surface area contributed by atoms with Gasteiger partial charge in [-0.3, -0.25) is 0 Å². The van der Waals surface area contributed by atoms with Gasteiger partial charge in [0, 0.05) is 25.2 Å². The lowest BCUT2D eigenvalue weighted by atomic mass is 10.3. The van der Waals surface area contributed by atoms with E-state index in [-0.39, 0.29) is 6.35 Å². The van der Waals surface area contributed by atoms with Gasteiger partial charge < -0.3 is 9.64 Å². The Kier molecular flexibility index (Phi) is 2.60. The van der Waals surface area contributed by atoms with E-state index in [1.807, 2.05) is 47.5 Å². The highest BCUT2D eigenvalue weighted by molar-refractivity contribution is 5.74. The summed E-state index contributed by atoms with van der Waals surface area (Å²) in [5.74, 6) is 0. The summed E-state index contributed by atoms with van der Waals surface area (Å²) in [5, 5.41) is 0. The van der Waals surface area contributed by atoms with Crippen LogP contribution in [0.25, 0.3) is 0 Å². The SMILES string of the molecule is COC1N=CC=CN1c1ccccc1. The second-order valence-corrected chi connectivity index (χ2v) is 2.94. The molecule has 72 valence electrons. The predicted octanol–water partition coefficient (Wildman–Crippen LogP) is 2.02. The fourth-order valence-corrected chi connectivity index (χ4v) is 1.39. The van der Waals surface area contributed by atoms with E-state index >= 15 is 0 Å². The molecule has 1 aromatic rings. The Bertz CT molecular complexity index is 346. The molecule has 0 aromatic heterocycles. The van der Waals surface area contributed by atoms with Crippen LogP contribution in [0.3, 0.4) is 0 Å². The van der Waals surface area contributed by atoms with Gasteiger partial charge in [0.15, 0.2) is 0 Å². The van der Waals surface area contributed by atoms with E-state index in [2.05, 4.69) is 4.99 Å². The van der Waals surface area contributed by atoms with Crippen molar-refractivity contribution < 1.29 is 4.74 Å². The molecule has 0 N–H and O–H groups in total. The Morgan fingerprint density at radius 3 is 2.79 bits per heavy atom. The monoisotopic (exact) mass is 188 g/mol. The number of methoxy groups -OCH3 is 1. The van der Waals surface area contributed by atoms with Crippen LogP contribution in [0.15, 0.2) is 47.6 Å². The highest BCUT2D eigenvalue weighted by Gasteiger charge is 2.15. The van der Waals surface area contributed by atoms with Crippen LogP contribution in [-0.4, -0.2) is 19.7 Å². The lowest BCUT2D eigenvalue weighted by Crippen LogP contribution is -2.32. The lowest BCUT2D eigenvalue weighted by molar-refractivity contribution is 0.114. The molecule has 2 rings (SSSR count). The van der Waals surface area contributed by atoms with Crippen LogP contribution in [0.4, 0.5) is 5.69 Å². The molecular weight excluding hydrogens is 176 g/mol. The summed E-state index contributed by atoms with van der Waals surface area (Å²) in [4.78, 5) is 6.17. The van der Waals surface area contributed by atoms with Gasteiger partial charge in [-0.05, 0) is 18.2 Å². The maximum absolute atomic E-state index is 5.23. The average Bonchev–Trinajstić information content (AvgIpc) is 2.30. The van der Waals surface area contributed by atoms with Gasteiger partial charge in [-0.15, -0.1) is 0 Å². The summed E-state index contributed by atoms with van der Waals surface area (Å²) in [6, 6.07) is 10.0. The largest absolute Gasteiger partial charge is 0.342 e. The minimum absolute atomic E-state index is 0.248. The third-order valence-corrected chi connectivity index (χ3v) is 2.05. The van der Waals surface area contributed by atoms with Gasteiger partial charge in [0.05, 0.1) is 0 Å². The van der Waals surface area contributed by atoms with E-state index < -0.39 is 0 Å². The molecule has 1 unspecified atom stereocenters. The van der Waals surface area contributed by atoms with E-state index in [4.69, 9.17) is 4.74 Å². The molecule has 1 heterocycles. The van der Waals surface area contributed by atoms with Crippen LogP contribution in [0.1, 0.15) is 0 Å². The Balaban J connectivity index is 2.25. The number of aliphatic imine (C=N–C) groups is 1. The number of benzene rings is 1. The van der Waals surface area contributed by atoms with Gasteiger partial charge in [-0.1, -0.05) is 18.2 Å². The standard InChI is InChI=1S/C11H12N2O/c1-14-11-12-8-5-9-13(11)10-6-3-2-4-7-10/h2-9,11H,1H3. The quantitative estimate of drug-likeness (QED) is 0.709. The lowest BCUT2D eigenvalue weighted by Gasteiger charge is -2.27. The maximum atomic E-state index is 5.23. The molecule has 1 atom stereocenters. The van der Waals surface area contributed by atoms with Crippen LogP contribution in [0, 0.1) is 0 Å². The van der Waals surface area contributed by atoms with Gasteiger partial charge in [0.2, 0.25) is 6.35 Å². The third-order valence-electron chi connectivity index (χ3n) is 2.05. The molecule has 0 aliphatic carbocycles. The van der Waals surface area contributed by atoms with Crippen molar-refractivity contribution in [3.05, 3.63) is 42.6 Å². The van der Waals surface area contributed by atoms with Gasteiger partial charge in [0.1, 0.15) is 0 Å². The molecule has 0 saturated carbocycles. The molecule has 0 amide bonds. The third kappa shape index (κ3) is 1.67. The van der Waals surface area contributed by atoms with Crippen LogP contribution in [0.2, 0.25) is 0 Å². The number of hydrogen-bond acceptors (Lipinski definition) is 3. The molecule has 1 aliphatic heterocycles. The molecule has 1 aromatic carbocycles. The van der Waals surface area contributed by atoms with Crippen molar-refractivity contribution >= 4 is 11.9 Å². The normalized spacial score (nSPS) is 20.1. The van der Waals surface area contributed by atoms with E-state index in [0.717, 1.165) is 5.69 Å². The molecule has 14 heavy (non-hydrogen) atoms. The second kappa shape index (κ2) is 4.07. The molecule has 0 fully saturated rings. The maximum Gasteiger partial charge on any atom is 0.231 e. The van der Waals surface area contributed by atoms with E-state index in [0.29, 0.717) is 0 Å². The second-order valence-electron chi connectivity index (χ2n) is 2.94. The Morgan fingerprint density at radius 2 is 2.07 bits per heavy atom. The fourth-order valence-electron chi connectivity index (χ4n) is 1.39. The topological polar surface area (TPSA) is 24.8 Å². The summed E-state index contributed by atoms with van der Waals surface area (Å²) in [7, 11) is 1.65. The van der Waals surface area contributed by atoms with Crippen molar-refractivity contribution in [1.29, 1.82) is 0 Å². The minimum Gasteiger partial charge on any atom is -0.342 e. The summed E-state index contributed by atoms with van der Waals surface area (Å²) in [6.45, 7) is 0. The van der Waals surface area contributed by atoms with Crippen molar-refractivity contribution in [2.45, 2.75) is 6.35 Å². The minimum atomic E-state index is -0.248. The van der Waals surface area contributed by atoms with Gasteiger partial charge in [-0.25, -0.2) is 4.99 Å². The summed E-state index contributed by atoms with van der Waals surface area (Å²) < 4.78 is 5.23. The first kappa shape index (κ1) is 8.97. The number of allylic oxidation sites excluding steroid dienone is 1. The summed E-state index contributed by atoms with van der Waals surface area (Å²) >= 11 is 0. The fraction of sp³-hybridized carbons (Fsp3) is 0.182. The van der Waals surface area contributed by atoms with Gasteiger partial charge in [0.25, 0.3) is 0 Å². The van der Waals surface area contributed by atoms with Crippen LogP contribution >= 0.6 is 0 Å². The highest BCUT2D eigenvalue weighted by Crippen LogP contribution is 2.19. The number of anilines is 1.